The summed E-state index contributed by atoms with van der Waals surface area (Å²) in [6.45, 7) is 2.57. The van der Waals surface area contributed by atoms with Gasteiger partial charge in [-0.05, 0) is 49.2 Å². The third-order valence-electron chi connectivity index (χ3n) is 8.28. The van der Waals surface area contributed by atoms with Crippen molar-refractivity contribution in [1.29, 1.82) is 5.26 Å². The predicted molar refractivity (Wildman–Crippen MR) is 133 cm³/mol. The normalized spacial score (nSPS) is 30.9. The monoisotopic (exact) mass is 483 g/mol. The van der Waals surface area contributed by atoms with Crippen LogP contribution >= 0.6 is 0 Å². The SMILES string of the molecule is COc1cncc2c1[C@]1(O)[C@H](O)C(CN3CCCC3)C(c3ccccc3)[C@]1(c1ccc(C#N)cc1)O2. The topological polar surface area (TPSA) is 98.8 Å². The number of aliphatic hydroxyl groups excluding tert-OH is 1. The van der Waals surface area contributed by atoms with Crippen LogP contribution in [0.1, 0.15) is 41.0 Å². The van der Waals surface area contributed by atoms with Gasteiger partial charge in [-0.3, -0.25) is 4.98 Å². The van der Waals surface area contributed by atoms with Crippen LogP contribution in [-0.4, -0.2) is 52.9 Å². The van der Waals surface area contributed by atoms with Crippen LogP contribution in [-0.2, 0) is 11.2 Å². The van der Waals surface area contributed by atoms with Crippen molar-refractivity contribution in [2.24, 2.45) is 5.92 Å². The maximum absolute atomic E-state index is 12.8. The van der Waals surface area contributed by atoms with Crippen LogP contribution in [0.2, 0.25) is 0 Å². The number of likely N-dealkylation sites (tertiary alicyclic amines) is 1. The largest absolute Gasteiger partial charge is 0.495 e. The van der Waals surface area contributed by atoms with Crippen molar-refractivity contribution in [2.75, 3.05) is 26.7 Å². The van der Waals surface area contributed by atoms with Crippen LogP contribution in [0.3, 0.4) is 0 Å². The van der Waals surface area contributed by atoms with Gasteiger partial charge in [0.15, 0.2) is 11.2 Å². The molecule has 36 heavy (non-hydrogen) atoms. The number of methoxy groups -OCH3 is 1. The van der Waals surface area contributed by atoms with E-state index in [0.29, 0.717) is 34.7 Å². The Balaban J connectivity index is 1.63. The first-order chi connectivity index (χ1) is 17.5. The summed E-state index contributed by atoms with van der Waals surface area (Å²) in [5.41, 5.74) is -0.570. The molecule has 6 rings (SSSR count). The second-order valence-electron chi connectivity index (χ2n) is 10.0. The Morgan fingerprint density at radius 3 is 2.50 bits per heavy atom. The molecule has 2 unspecified atom stereocenters. The molecule has 0 radical (unpaired) electrons. The average Bonchev–Trinajstić information content (AvgIpc) is 3.58. The van der Waals surface area contributed by atoms with Crippen molar-refractivity contribution in [1.82, 2.24) is 9.88 Å². The first-order valence-corrected chi connectivity index (χ1v) is 12.4. The fraction of sp³-hybridized carbons (Fsp3) is 0.379. The van der Waals surface area contributed by atoms with E-state index in [1.54, 1.807) is 24.5 Å². The highest BCUT2D eigenvalue weighted by Crippen LogP contribution is 2.69. The Labute approximate surface area is 210 Å². The quantitative estimate of drug-likeness (QED) is 0.575. The van der Waals surface area contributed by atoms with E-state index in [2.05, 4.69) is 16.0 Å². The standard InChI is InChI=1S/C29H29N3O4/c1-35-23-16-31-17-24-26(23)28(34)27(33)22(18-32-13-5-6-14-32)25(20-7-3-2-4-8-20)29(28,36-24)21-11-9-19(15-30)10-12-21/h2-4,7-12,16-17,22,25,27,33-34H,5-6,13-14,18H2,1H3/t22?,25?,27-,28+,29+/m1/s1. The number of aliphatic hydroxyl groups is 2. The van der Waals surface area contributed by atoms with Crippen LogP contribution in [0, 0.1) is 17.2 Å². The Morgan fingerprint density at radius 1 is 1.11 bits per heavy atom. The smallest absolute Gasteiger partial charge is 0.177 e. The lowest BCUT2D eigenvalue weighted by molar-refractivity contribution is -0.152. The highest BCUT2D eigenvalue weighted by Gasteiger charge is 2.76. The van der Waals surface area contributed by atoms with Crippen molar-refractivity contribution in [3.05, 3.63) is 89.2 Å². The van der Waals surface area contributed by atoms with Crippen molar-refractivity contribution < 1.29 is 19.7 Å². The predicted octanol–water partition coefficient (Wildman–Crippen LogP) is 3.31. The zero-order chi connectivity index (χ0) is 24.9. The molecule has 7 nitrogen and oxygen atoms in total. The molecule has 1 aliphatic carbocycles. The summed E-state index contributed by atoms with van der Waals surface area (Å²) in [5, 5.41) is 34.3. The number of hydrogen-bond donors (Lipinski definition) is 2. The van der Waals surface area contributed by atoms with Gasteiger partial charge in [-0.2, -0.15) is 5.26 Å². The van der Waals surface area contributed by atoms with Crippen LogP contribution in [0.25, 0.3) is 0 Å². The lowest BCUT2D eigenvalue weighted by Gasteiger charge is -2.41. The van der Waals surface area contributed by atoms with Gasteiger partial charge in [0.05, 0.1) is 42.8 Å². The summed E-state index contributed by atoms with van der Waals surface area (Å²) >= 11 is 0. The molecular weight excluding hydrogens is 454 g/mol. The van der Waals surface area contributed by atoms with E-state index in [-0.39, 0.29) is 11.8 Å². The number of pyridine rings is 1. The van der Waals surface area contributed by atoms with Gasteiger partial charge in [-0.1, -0.05) is 42.5 Å². The lowest BCUT2D eigenvalue weighted by Crippen LogP contribution is -2.52. The molecule has 7 heteroatoms. The van der Waals surface area contributed by atoms with Gasteiger partial charge in [-0.15, -0.1) is 0 Å². The van der Waals surface area contributed by atoms with Crippen LogP contribution < -0.4 is 9.47 Å². The zero-order valence-electron chi connectivity index (χ0n) is 20.2. The molecule has 2 aromatic carbocycles. The second kappa shape index (κ2) is 8.59. The lowest BCUT2D eigenvalue weighted by atomic mass is 9.70. The molecule has 0 spiro atoms. The number of rotatable bonds is 5. The molecule has 1 aromatic heterocycles. The van der Waals surface area contributed by atoms with Gasteiger partial charge < -0.3 is 24.6 Å². The molecule has 2 fully saturated rings. The molecule has 0 amide bonds. The molecule has 3 aromatic rings. The van der Waals surface area contributed by atoms with Crippen LogP contribution in [0.15, 0.2) is 67.0 Å². The summed E-state index contributed by atoms with van der Waals surface area (Å²) in [4.78, 5) is 6.64. The molecular formula is C29H29N3O4. The van der Waals surface area contributed by atoms with Gasteiger partial charge in [0, 0.05) is 18.4 Å². The van der Waals surface area contributed by atoms with Gasteiger partial charge in [-0.25, -0.2) is 0 Å². The number of hydrogen-bond acceptors (Lipinski definition) is 7. The molecule has 2 N–H and O–H groups in total. The summed E-state index contributed by atoms with van der Waals surface area (Å²) in [7, 11) is 1.53. The Kier molecular flexibility index (Phi) is 5.49. The maximum atomic E-state index is 12.8. The van der Waals surface area contributed by atoms with Crippen LogP contribution in [0.5, 0.6) is 11.5 Å². The van der Waals surface area contributed by atoms with Gasteiger partial charge in [0.25, 0.3) is 0 Å². The minimum atomic E-state index is -1.81. The highest BCUT2D eigenvalue weighted by atomic mass is 16.5. The highest BCUT2D eigenvalue weighted by molar-refractivity contribution is 5.59. The number of ether oxygens (including phenoxy) is 2. The van der Waals surface area contributed by atoms with Crippen LogP contribution in [0.4, 0.5) is 0 Å². The molecule has 2 aliphatic heterocycles. The van der Waals surface area contributed by atoms with E-state index in [0.717, 1.165) is 31.5 Å². The summed E-state index contributed by atoms with van der Waals surface area (Å²) in [5.74, 6) is 0.0560. The fourth-order valence-electron chi connectivity index (χ4n) is 6.79. The van der Waals surface area contributed by atoms with E-state index in [4.69, 9.17) is 9.47 Å². The second-order valence-corrected chi connectivity index (χ2v) is 10.0. The number of aromatic nitrogens is 1. The number of benzene rings is 2. The molecule has 1 saturated heterocycles. The van der Waals surface area contributed by atoms with Crippen molar-refractivity contribution in [3.63, 3.8) is 0 Å². The van der Waals surface area contributed by atoms with E-state index in [1.807, 2.05) is 42.5 Å². The summed E-state index contributed by atoms with van der Waals surface area (Å²) in [6, 6.07) is 19.3. The van der Waals surface area contributed by atoms with Gasteiger partial charge in [0.2, 0.25) is 0 Å². The molecule has 3 heterocycles. The zero-order valence-corrected chi connectivity index (χ0v) is 20.2. The van der Waals surface area contributed by atoms with E-state index in [1.165, 1.54) is 7.11 Å². The third kappa shape index (κ3) is 3.05. The third-order valence-corrected chi connectivity index (χ3v) is 8.28. The average molecular weight is 484 g/mol. The first-order valence-electron chi connectivity index (χ1n) is 12.4. The molecule has 184 valence electrons. The summed E-state index contributed by atoms with van der Waals surface area (Å²) in [6.07, 6.45) is 4.24. The molecule has 3 aliphatic rings. The molecule has 5 atom stereocenters. The Morgan fingerprint density at radius 2 is 1.83 bits per heavy atom. The Bertz CT molecular complexity index is 1300. The fourth-order valence-corrected chi connectivity index (χ4v) is 6.79. The first kappa shape index (κ1) is 23.0. The molecule has 0 bridgehead atoms. The van der Waals surface area contributed by atoms with E-state index >= 15 is 0 Å². The van der Waals surface area contributed by atoms with E-state index < -0.39 is 17.3 Å². The van der Waals surface area contributed by atoms with E-state index in [9.17, 15) is 15.5 Å². The molecule has 1 saturated carbocycles. The maximum Gasteiger partial charge on any atom is 0.177 e. The Hall–Kier alpha value is -3.44. The van der Waals surface area contributed by atoms with Crippen molar-refractivity contribution in [3.8, 4) is 17.6 Å². The minimum Gasteiger partial charge on any atom is -0.495 e. The van der Waals surface area contributed by atoms with Gasteiger partial charge >= 0.3 is 0 Å². The van der Waals surface area contributed by atoms with Crippen molar-refractivity contribution in [2.45, 2.75) is 36.1 Å². The number of nitriles is 1. The number of fused-ring (bicyclic) bond motifs is 3. The minimum absolute atomic E-state index is 0.322. The van der Waals surface area contributed by atoms with Crippen molar-refractivity contribution >= 4 is 0 Å². The number of nitrogens with zero attached hydrogens (tertiary/aromatic N) is 3. The summed E-state index contributed by atoms with van der Waals surface area (Å²) < 4.78 is 12.4. The van der Waals surface area contributed by atoms with Gasteiger partial charge in [0.1, 0.15) is 11.5 Å².